The highest BCUT2D eigenvalue weighted by Crippen LogP contribution is 2.26. The maximum Gasteiger partial charge on any atom is 0.488 e. The van der Waals surface area contributed by atoms with Gasteiger partial charge in [-0.2, -0.15) is 8.42 Å². The van der Waals surface area contributed by atoms with Crippen LogP contribution in [-0.4, -0.2) is 14.7 Å². The molecule has 0 unspecified atom stereocenters. The highest BCUT2D eigenvalue weighted by atomic mass is 32.3. The number of nitrogens with zero attached hydrogens (tertiary/aromatic N) is 3. The summed E-state index contributed by atoms with van der Waals surface area (Å²) in [7, 11) is -5.18. The van der Waals surface area contributed by atoms with Crippen molar-refractivity contribution in [2.45, 2.75) is 13.5 Å². The molecule has 18 heavy (non-hydrogen) atoms. The molecule has 0 saturated heterocycles. The average molecular weight is 273 g/mol. The van der Waals surface area contributed by atoms with Crippen LogP contribution in [0.3, 0.4) is 0 Å². The fourth-order valence-electron chi connectivity index (χ4n) is 1.30. The number of hydrogen-bond donors (Lipinski definition) is 0. The Labute approximate surface area is 102 Å². The minimum atomic E-state index is -5.18. The van der Waals surface area contributed by atoms with Crippen LogP contribution < -0.4 is 4.18 Å². The topological polar surface area (TPSA) is 109 Å². The Morgan fingerprint density at radius 1 is 1.56 bits per heavy atom. The van der Waals surface area contributed by atoms with Crippen molar-refractivity contribution in [3.8, 4) is 5.75 Å². The molecule has 0 saturated carbocycles. The van der Waals surface area contributed by atoms with Gasteiger partial charge in [0.05, 0.1) is 6.54 Å². The number of halogens is 1. The second-order valence-corrected chi connectivity index (χ2v) is 4.24. The molecule has 0 aliphatic rings. The van der Waals surface area contributed by atoms with Crippen molar-refractivity contribution in [1.29, 1.82) is 0 Å². The lowest BCUT2D eigenvalue weighted by Gasteiger charge is -2.09. The zero-order chi connectivity index (χ0) is 13.8. The molecule has 0 atom stereocenters. The van der Waals surface area contributed by atoms with E-state index in [4.69, 9.17) is 5.53 Å². The van der Waals surface area contributed by atoms with Gasteiger partial charge in [0.2, 0.25) is 0 Å². The van der Waals surface area contributed by atoms with E-state index in [9.17, 15) is 17.1 Å². The Morgan fingerprint density at radius 3 is 2.72 bits per heavy atom. The molecule has 9 heteroatoms. The van der Waals surface area contributed by atoms with Gasteiger partial charge in [0.15, 0.2) is 0 Å². The van der Waals surface area contributed by atoms with Gasteiger partial charge in [0.25, 0.3) is 0 Å². The molecule has 0 bridgehead atoms. The fraction of sp³-hybridized carbons (Fsp3) is 0.222. The summed E-state index contributed by atoms with van der Waals surface area (Å²) in [6.45, 7) is 1.35. The lowest BCUT2D eigenvalue weighted by Crippen LogP contribution is -2.05. The average Bonchev–Trinajstić information content (AvgIpc) is 2.28. The molecule has 96 valence electrons. The predicted octanol–water partition coefficient (Wildman–Crippen LogP) is 2.21. The number of aldehydes is 1. The maximum absolute atomic E-state index is 12.5. The molecule has 1 rings (SSSR count). The monoisotopic (exact) mass is 273 g/mol. The van der Waals surface area contributed by atoms with Crippen LogP contribution in [0.1, 0.15) is 21.5 Å². The van der Waals surface area contributed by atoms with Gasteiger partial charge in [-0.25, -0.2) is 0 Å². The highest BCUT2D eigenvalue weighted by Gasteiger charge is 2.15. The summed E-state index contributed by atoms with van der Waals surface area (Å²) in [5.74, 6) is -0.315. The van der Waals surface area contributed by atoms with Crippen LogP contribution in [0.15, 0.2) is 17.2 Å². The molecule has 1 aromatic rings. The molecule has 0 aromatic heterocycles. The van der Waals surface area contributed by atoms with Gasteiger partial charge in [0, 0.05) is 10.5 Å². The van der Waals surface area contributed by atoms with Crippen molar-refractivity contribution >= 4 is 16.8 Å². The third-order valence-corrected chi connectivity index (χ3v) is 2.50. The first-order valence-corrected chi connectivity index (χ1v) is 5.92. The number of azide groups is 1. The molecule has 0 radical (unpaired) electrons. The first-order chi connectivity index (χ1) is 8.37. The molecule has 0 heterocycles. The zero-order valence-corrected chi connectivity index (χ0v) is 10.0. The first-order valence-electron chi connectivity index (χ1n) is 4.61. The van der Waals surface area contributed by atoms with Gasteiger partial charge >= 0.3 is 10.5 Å². The van der Waals surface area contributed by atoms with Gasteiger partial charge in [-0.1, -0.05) is 9.00 Å². The minimum absolute atomic E-state index is 0.0855. The number of carbonyl (C=O) groups excluding carboxylic acids is 1. The van der Waals surface area contributed by atoms with Crippen LogP contribution in [-0.2, 0) is 17.0 Å². The van der Waals surface area contributed by atoms with Crippen molar-refractivity contribution in [2.24, 2.45) is 5.11 Å². The Bertz CT molecular complexity index is 623. The second kappa shape index (κ2) is 5.48. The summed E-state index contributed by atoms with van der Waals surface area (Å²) in [6, 6.07) is 2.48. The molecule has 0 aliphatic carbocycles. The minimum Gasteiger partial charge on any atom is -0.358 e. The van der Waals surface area contributed by atoms with E-state index in [1.54, 1.807) is 0 Å². The smallest absolute Gasteiger partial charge is 0.358 e. The van der Waals surface area contributed by atoms with Crippen molar-refractivity contribution in [1.82, 2.24) is 0 Å². The summed E-state index contributed by atoms with van der Waals surface area (Å²) in [5.41, 5.74) is 8.93. The van der Waals surface area contributed by atoms with E-state index in [2.05, 4.69) is 14.2 Å². The van der Waals surface area contributed by atoms with Crippen LogP contribution in [0, 0.1) is 6.92 Å². The molecule has 1 aromatic carbocycles. The maximum atomic E-state index is 12.5. The highest BCUT2D eigenvalue weighted by molar-refractivity contribution is 7.81. The number of hydrogen-bond acceptors (Lipinski definition) is 5. The summed E-state index contributed by atoms with van der Waals surface area (Å²) < 4.78 is 37.4. The van der Waals surface area contributed by atoms with Crippen LogP contribution in [0.2, 0.25) is 0 Å². The van der Waals surface area contributed by atoms with E-state index in [0.717, 1.165) is 6.07 Å². The third-order valence-electron chi connectivity index (χ3n) is 2.12. The van der Waals surface area contributed by atoms with E-state index in [0.29, 0.717) is 11.8 Å². The van der Waals surface area contributed by atoms with Crippen LogP contribution in [0.5, 0.6) is 5.75 Å². The lowest BCUT2D eigenvalue weighted by atomic mass is 10.0. The predicted molar refractivity (Wildman–Crippen MR) is 60.1 cm³/mol. The van der Waals surface area contributed by atoms with Crippen LogP contribution in [0.25, 0.3) is 10.4 Å². The Hall–Kier alpha value is -2.12. The van der Waals surface area contributed by atoms with Gasteiger partial charge in [0.1, 0.15) is 12.0 Å². The standard InChI is InChI=1S/C9H8FN3O4S/c1-6-8(4-12-13-11)2-7(5-14)3-9(6)17-18(10,15)16/h2-3,5H,4H2,1H3. The number of carbonyl (C=O) groups is 1. The van der Waals surface area contributed by atoms with Crippen molar-refractivity contribution < 1.29 is 21.3 Å². The van der Waals surface area contributed by atoms with Crippen molar-refractivity contribution in [2.75, 3.05) is 0 Å². The Balaban J connectivity index is 3.32. The molecular formula is C9H8FN3O4S. The fourth-order valence-corrected chi connectivity index (χ4v) is 1.69. The molecule has 0 N–H and O–H groups in total. The third kappa shape index (κ3) is 3.72. The largest absolute Gasteiger partial charge is 0.488 e. The first kappa shape index (κ1) is 13.9. The quantitative estimate of drug-likeness (QED) is 0.269. The van der Waals surface area contributed by atoms with E-state index in [1.807, 2.05) is 0 Å². The summed E-state index contributed by atoms with van der Waals surface area (Å²) in [6.07, 6.45) is 0.441. The van der Waals surface area contributed by atoms with Gasteiger partial charge in [-0.15, -0.1) is 0 Å². The van der Waals surface area contributed by atoms with Crippen LogP contribution >= 0.6 is 0 Å². The molecule has 0 spiro atoms. The Morgan fingerprint density at radius 2 is 2.22 bits per heavy atom. The summed E-state index contributed by atoms with van der Waals surface area (Å²) >= 11 is 0. The lowest BCUT2D eigenvalue weighted by molar-refractivity contribution is 0.112. The van der Waals surface area contributed by atoms with Crippen molar-refractivity contribution in [3.63, 3.8) is 0 Å². The van der Waals surface area contributed by atoms with E-state index in [1.165, 1.54) is 13.0 Å². The van der Waals surface area contributed by atoms with E-state index in [-0.39, 0.29) is 23.4 Å². The molecule has 0 fully saturated rings. The van der Waals surface area contributed by atoms with Crippen LogP contribution in [0.4, 0.5) is 3.89 Å². The number of rotatable bonds is 5. The van der Waals surface area contributed by atoms with Gasteiger partial charge in [-0.05, 0) is 35.7 Å². The molecule has 7 nitrogen and oxygen atoms in total. The van der Waals surface area contributed by atoms with E-state index >= 15 is 0 Å². The van der Waals surface area contributed by atoms with E-state index < -0.39 is 10.5 Å². The second-order valence-electron chi connectivity index (χ2n) is 3.29. The summed E-state index contributed by atoms with van der Waals surface area (Å²) in [5, 5.41) is 3.28. The SMILES string of the molecule is Cc1c(CN=[N+]=[N-])cc(C=O)cc1OS(=O)(=O)F. The molecular weight excluding hydrogens is 265 g/mol. The summed E-state index contributed by atoms with van der Waals surface area (Å²) in [4.78, 5) is 13.2. The Kier molecular flexibility index (Phi) is 4.24. The molecule has 0 amide bonds. The van der Waals surface area contributed by atoms with Gasteiger partial charge < -0.3 is 4.18 Å². The zero-order valence-electron chi connectivity index (χ0n) is 9.20. The van der Waals surface area contributed by atoms with Crippen molar-refractivity contribution in [3.05, 3.63) is 39.3 Å². The number of benzene rings is 1. The molecule has 0 aliphatic heterocycles. The normalized spacial score (nSPS) is 10.6. The van der Waals surface area contributed by atoms with Gasteiger partial charge in [-0.3, -0.25) is 4.79 Å².